The number of para-hydroxylation sites is 1. The topological polar surface area (TPSA) is 66.8 Å². The number of hydroxylamine groups is 1. The van der Waals surface area contributed by atoms with Crippen molar-refractivity contribution in [2.24, 2.45) is 0 Å². The maximum atomic E-state index is 12.5. The average Bonchev–Trinajstić information content (AvgIpc) is 2.94. The first kappa shape index (κ1) is 14.3. The maximum absolute atomic E-state index is 12.5. The molecule has 20 heavy (non-hydrogen) atoms. The summed E-state index contributed by atoms with van der Waals surface area (Å²) in [5.41, 5.74) is 1.15. The first-order valence-corrected chi connectivity index (χ1v) is 6.63. The molecular formula is C15H17NO4. The van der Waals surface area contributed by atoms with Crippen molar-refractivity contribution in [3.8, 4) is 0 Å². The molecule has 0 saturated heterocycles. The Bertz CT molecular complexity index is 536. The second-order valence-electron chi connectivity index (χ2n) is 4.47. The summed E-state index contributed by atoms with van der Waals surface area (Å²) in [6.07, 6.45) is 1.61. The van der Waals surface area contributed by atoms with Crippen LogP contribution in [-0.2, 0) is 14.4 Å². The molecule has 0 unspecified atom stereocenters. The van der Waals surface area contributed by atoms with Crippen LogP contribution in [0.3, 0.4) is 0 Å². The van der Waals surface area contributed by atoms with Crippen molar-refractivity contribution in [2.45, 2.75) is 26.2 Å². The molecular weight excluding hydrogens is 258 g/mol. The first-order chi connectivity index (χ1) is 9.65. The van der Waals surface area contributed by atoms with Crippen LogP contribution < -0.4 is 5.06 Å². The van der Waals surface area contributed by atoms with Gasteiger partial charge in [-0.15, -0.1) is 0 Å². The van der Waals surface area contributed by atoms with Gasteiger partial charge in [0.15, 0.2) is 0 Å². The molecule has 1 aliphatic rings. The van der Waals surface area contributed by atoms with Gasteiger partial charge in [0.25, 0.3) is 5.91 Å². The fourth-order valence-electron chi connectivity index (χ4n) is 2.28. The predicted molar refractivity (Wildman–Crippen MR) is 74.1 cm³/mol. The minimum Gasteiger partial charge on any atom is -0.478 e. The zero-order chi connectivity index (χ0) is 14.5. The Kier molecular flexibility index (Phi) is 4.53. The molecule has 1 aromatic rings. The Morgan fingerprint density at radius 2 is 1.85 bits per heavy atom. The number of hydrogen-bond donors (Lipinski definition) is 1. The van der Waals surface area contributed by atoms with Gasteiger partial charge in [0.2, 0.25) is 0 Å². The van der Waals surface area contributed by atoms with E-state index in [-0.39, 0.29) is 11.5 Å². The molecule has 1 aliphatic carbocycles. The van der Waals surface area contributed by atoms with E-state index >= 15 is 0 Å². The zero-order valence-electron chi connectivity index (χ0n) is 11.3. The second kappa shape index (κ2) is 6.34. The number of carbonyl (C=O) groups is 2. The van der Waals surface area contributed by atoms with E-state index in [1.165, 1.54) is 5.06 Å². The molecule has 5 heteroatoms. The average molecular weight is 275 g/mol. The molecule has 1 aromatic carbocycles. The number of aliphatic carboxylic acids is 1. The van der Waals surface area contributed by atoms with E-state index in [9.17, 15) is 9.59 Å². The van der Waals surface area contributed by atoms with Gasteiger partial charge in [0, 0.05) is 11.1 Å². The van der Waals surface area contributed by atoms with Gasteiger partial charge in [-0.05, 0) is 38.3 Å². The van der Waals surface area contributed by atoms with E-state index in [1.54, 1.807) is 31.2 Å². The lowest BCUT2D eigenvalue weighted by Crippen LogP contribution is -2.32. The number of hydrogen-bond acceptors (Lipinski definition) is 3. The molecule has 0 aromatic heterocycles. The number of amides is 1. The standard InChI is InChI=1S/C15H17NO4/c1-2-20-16(11-7-4-3-5-8-11)14(17)12-9-6-10-13(12)15(18)19/h3-5,7-8H,2,6,9-10H2,1H3,(H,18,19). The van der Waals surface area contributed by atoms with Crippen LogP contribution >= 0.6 is 0 Å². The Hall–Kier alpha value is -2.14. The molecule has 0 fully saturated rings. The number of anilines is 1. The fourth-order valence-corrected chi connectivity index (χ4v) is 2.28. The van der Waals surface area contributed by atoms with E-state index in [4.69, 9.17) is 9.94 Å². The van der Waals surface area contributed by atoms with Crippen LogP contribution in [0.4, 0.5) is 5.69 Å². The normalized spacial score (nSPS) is 14.4. The van der Waals surface area contributed by atoms with Crippen LogP contribution in [0.15, 0.2) is 41.5 Å². The summed E-state index contributed by atoms with van der Waals surface area (Å²) in [5.74, 6) is -1.40. The summed E-state index contributed by atoms with van der Waals surface area (Å²) in [4.78, 5) is 29.1. The highest BCUT2D eigenvalue weighted by Gasteiger charge is 2.29. The van der Waals surface area contributed by atoms with E-state index in [0.717, 1.165) is 0 Å². The van der Waals surface area contributed by atoms with Crippen molar-refractivity contribution >= 4 is 17.6 Å². The molecule has 0 atom stereocenters. The fraction of sp³-hybridized carbons (Fsp3) is 0.333. The minimum atomic E-state index is -1.02. The number of nitrogens with zero attached hydrogens (tertiary/aromatic N) is 1. The van der Waals surface area contributed by atoms with Crippen molar-refractivity contribution in [1.82, 2.24) is 0 Å². The predicted octanol–water partition coefficient (Wildman–Crippen LogP) is 2.54. The SMILES string of the molecule is CCON(C(=O)C1=C(C(=O)O)CCC1)c1ccccc1. The summed E-state index contributed by atoms with van der Waals surface area (Å²) in [7, 11) is 0. The molecule has 0 saturated carbocycles. The molecule has 0 heterocycles. The lowest BCUT2D eigenvalue weighted by Gasteiger charge is -2.22. The monoisotopic (exact) mass is 275 g/mol. The Morgan fingerprint density at radius 1 is 1.20 bits per heavy atom. The number of carbonyl (C=O) groups excluding carboxylic acids is 1. The van der Waals surface area contributed by atoms with Crippen molar-refractivity contribution in [3.05, 3.63) is 41.5 Å². The third-order valence-corrected chi connectivity index (χ3v) is 3.17. The Labute approximate surface area is 117 Å². The molecule has 0 spiro atoms. The Balaban J connectivity index is 2.33. The number of rotatable bonds is 5. The highest BCUT2D eigenvalue weighted by molar-refractivity contribution is 6.09. The summed E-state index contributed by atoms with van der Waals surface area (Å²) in [6, 6.07) is 8.95. The van der Waals surface area contributed by atoms with Gasteiger partial charge in [0.1, 0.15) is 0 Å². The number of carboxylic acids is 1. The zero-order valence-corrected chi connectivity index (χ0v) is 11.3. The van der Waals surface area contributed by atoms with Crippen LogP contribution in [-0.4, -0.2) is 23.6 Å². The van der Waals surface area contributed by atoms with Gasteiger partial charge in [-0.2, -0.15) is 5.06 Å². The highest BCUT2D eigenvalue weighted by Crippen LogP contribution is 2.29. The third kappa shape index (κ3) is 2.88. The van der Waals surface area contributed by atoms with Crippen molar-refractivity contribution in [1.29, 1.82) is 0 Å². The molecule has 1 N–H and O–H groups in total. The van der Waals surface area contributed by atoms with Gasteiger partial charge in [0.05, 0.1) is 12.3 Å². The lowest BCUT2D eigenvalue weighted by atomic mass is 10.1. The van der Waals surface area contributed by atoms with Gasteiger partial charge in [-0.3, -0.25) is 9.63 Å². The Morgan fingerprint density at radius 3 is 2.45 bits per heavy atom. The molecule has 2 rings (SSSR count). The molecule has 0 aliphatic heterocycles. The summed E-state index contributed by atoms with van der Waals surface area (Å²) < 4.78 is 0. The maximum Gasteiger partial charge on any atom is 0.332 e. The van der Waals surface area contributed by atoms with Gasteiger partial charge >= 0.3 is 5.97 Å². The summed E-state index contributed by atoms with van der Waals surface area (Å²) in [5, 5.41) is 10.3. The highest BCUT2D eigenvalue weighted by atomic mass is 16.7. The molecule has 106 valence electrons. The molecule has 0 radical (unpaired) electrons. The third-order valence-electron chi connectivity index (χ3n) is 3.17. The second-order valence-corrected chi connectivity index (χ2v) is 4.47. The lowest BCUT2D eigenvalue weighted by molar-refractivity contribution is -0.133. The van der Waals surface area contributed by atoms with Crippen LogP contribution in [0.25, 0.3) is 0 Å². The van der Waals surface area contributed by atoms with Gasteiger partial charge in [-0.1, -0.05) is 18.2 Å². The van der Waals surface area contributed by atoms with E-state index in [0.29, 0.717) is 37.1 Å². The minimum absolute atomic E-state index is 0.204. The van der Waals surface area contributed by atoms with E-state index < -0.39 is 5.97 Å². The molecule has 0 bridgehead atoms. The van der Waals surface area contributed by atoms with Crippen LogP contribution in [0.5, 0.6) is 0 Å². The van der Waals surface area contributed by atoms with Gasteiger partial charge < -0.3 is 5.11 Å². The largest absolute Gasteiger partial charge is 0.478 e. The van der Waals surface area contributed by atoms with Crippen LogP contribution in [0.1, 0.15) is 26.2 Å². The van der Waals surface area contributed by atoms with Gasteiger partial charge in [-0.25, -0.2) is 4.79 Å². The van der Waals surface area contributed by atoms with Crippen molar-refractivity contribution < 1.29 is 19.5 Å². The molecule has 1 amide bonds. The summed E-state index contributed by atoms with van der Waals surface area (Å²) >= 11 is 0. The van der Waals surface area contributed by atoms with Crippen molar-refractivity contribution in [2.75, 3.05) is 11.7 Å². The van der Waals surface area contributed by atoms with Crippen LogP contribution in [0.2, 0.25) is 0 Å². The molecule has 5 nitrogen and oxygen atoms in total. The summed E-state index contributed by atoms with van der Waals surface area (Å²) in [6.45, 7) is 2.11. The quantitative estimate of drug-likeness (QED) is 0.838. The van der Waals surface area contributed by atoms with Crippen LogP contribution in [0, 0.1) is 0 Å². The first-order valence-electron chi connectivity index (χ1n) is 6.63. The van der Waals surface area contributed by atoms with E-state index in [1.807, 2.05) is 6.07 Å². The van der Waals surface area contributed by atoms with E-state index in [2.05, 4.69) is 0 Å². The van der Waals surface area contributed by atoms with Crippen molar-refractivity contribution in [3.63, 3.8) is 0 Å². The number of benzene rings is 1. The smallest absolute Gasteiger partial charge is 0.332 e. The number of carboxylic acid groups (broad SMARTS) is 1.